The highest BCUT2D eigenvalue weighted by Gasteiger charge is 2.11. The Bertz CT molecular complexity index is 842. The van der Waals surface area contributed by atoms with Gasteiger partial charge < -0.3 is 9.88 Å². The fourth-order valence-corrected chi connectivity index (χ4v) is 2.93. The van der Waals surface area contributed by atoms with Crippen molar-refractivity contribution in [1.82, 2.24) is 14.9 Å². The normalized spacial score (nSPS) is 12.2. The molecule has 0 fully saturated rings. The van der Waals surface area contributed by atoms with E-state index in [1.165, 1.54) is 12.1 Å². The highest BCUT2D eigenvalue weighted by Crippen LogP contribution is 2.19. The smallest absolute Gasteiger partial charge is 0.220 e. The number of amides is 1. The third-order valence-electron chi connectivity index (χ3n) is 4.36. The second kappa shape index (κ2) is 7.92. The number of hydrogen-bond acceptors (Lipinski definition) is 2. The molecular formula is C20H22FN3O. The average molecular weight is 339 g/mol. The van der Waals surface area contributed by atoms with E-state index >= 15 is 0 Å². The molecule has 3 aromatic rings. The lowest BCUT2D eigenvalue weighted by Crippen LogP contribution is -2.26. The molecule has 3 rings (SSSR count). The summed E-state index contributed by atoms with van der Waals surface area (Å²) in [6, 6.07) is 14.3. The van der Waals surface area contributed by atoms with Crippen molar-refractivity contribution in [2.45, 2.75) is 32.2 Å². The highest BCUT2D eigenvalue weighted by atomic mass is 19.1. The number of hydrogen-bond donors (Lipinski definition) is 1. The van der Waals surface area contributed by atoms with E-state index in [4.69, 9.17) is 0 Å². The first-order chi connectivity index (χ1) is 12.1. The van der Waals surface area contributed by atoms with Gasteiger partial charge >= 0.3 is 0 Å². The van der Waals surface area contributed by atoms with Gasteiger partial charge in [-0.3, -0.25) is 4.79 Å². The van der Waals surface area contributed by atoms with Crippen molar-refractivity contribution in [3.63, 3.8) is 0 Å². The van der Waals surface area contributed by atoms with Crippen LogP contribution >= 0.6 is 0 Å². The van der Waals surface area contributed by atoms with E-state index in [2.05, 4.69) is 14.9 Å². The number of nitrogens with one attached hydrogen (secondary N) is 1. The van der Waals surface area contributed by atoms with Gasteiger partial charge in [-0.2, -0.15) is 0 Å². The van der Waals surface area contributed by atoms with Crippen molar-refractivity contribution >= 4 is 16.9 Å². The molecule has 1 N–H and O–H groups in total. The lowest BCUT2D eigenvalue weighted by Gasteiger charge is -2.12. The van der Waals surface area contributed by atoms with E-state index in [-0.39, 0.29) is 17.6 Å². The Morgan fingerprint density at radius 3 is 2.76 bits per heavy atom. The summed E-state index contributed by atoms with van der Waals surface area (Å²) in [7, 11) is 0. The zero-order valence-electron chi connectivity index (χ0n) is 14.3. The van der Waals surface area contributed by atoms with Crippen molar-refractivity contribution in [2.75, 3.05) is 6.54 Å². The van der Waals surface area contributed by atoms with Crippen LogP contribution in [0.5, 0.6) is 0 Å². The predicted octanol–water partition coefficient (Wildman–Crippen LogP) is 3.88. The molecule has 0 aliphatic carbocycles. The van der Waals surface area contributed by atoms with Gasteiger partial charge in [-0.1, -0.05) is 31.2 Å². The monoisotopic (exact) mass is 339 g/mol. The molecule has 130 valence electrons. The number of halogens is 1. The first-order valence-corrected chi connectivity index (χ1v) is 8.55. The SMILES string of the molecule is CC(CC(=O)NCCCn1cnc2ccccc21)c1ccc(F)cc1. The first-order valence-electron chi connectivity index (χ1n) is 8.55. The number of imidazole rings is 1. The molecule has 0 saturated carbocycles. The lowest BCUT2D eigenvalue weighted by atomic mass is 9.97. The van der Waals surface area contributed by atoms with Gasteiger partial charge in [0.05, 0.1) is 17.4 Å². The number of para-hydroxylation sites is 2. The van der Waals surface area contributed by atoms with Crippen LogP contribution in [0.15, 0.2) is 54.9 Å². The molecule has 1 unspecified atom stereocenters. The van der Waals surface area contributed by atoms with E-state index < -0.39 is 0 Å². The quantitative estimate of drug-likeness (QED) is 0.664. The Labute approximate surface area is 146 Å². The Balaban J connectivity index is 1.42. The standard InChI is InChI=1S/C20H22FN3O/c1-15(16-7-9-17(21)10-8-16)13-20(25)22-11-4-12-24-14-23-18-5-2-3-6-19(18)24/h2-3,5-10,14-15H,4,11-13H2,1H3,(H,22,25). The van der Waals surface area contributed by atoms with Crippen molar-refractivity contribution in [3.05, 3.63) is 66.2 Å². The van der Waals surface area contributed by atoms with E-state index in [9.17, 15) is 9.18 Å². The second-order valence-corrected chi connectivity index (χ2v) is 6.29. The maximum atomic E-state index is 12.9. The zero-order valence-corrected chi connectivity index (χ0v) is 14.3. The Morgan fingerprint density at radius 2 is 1.96 bits per heavy atom. The number of aryl methyl sites for hydroxylation is 1. The van der Waals surface area contributed by atoms with E-state index in [0.29, 0.717) is 13.0 Å². The maximum absolute atomic E-state index is 12.9. The molecule has 5 heteroatoms. The topological polar surface area (TPSA) is 46.9 Å². The third kappa shape index (κ3) is 4.44. The molecule has 25 heavy (non-hydrogen) atoms. The van der Waals surface area contributed by atoms with Crippen molar-refractivity contribution in [1.29, 1.82) is 0 Å². The second-order valence-electron chi connectivity index (χ2n) is 6.29. The average Bonchev–Trinajstić information content (AvgIpc) is 3.02. The minimum atomic E-state index is -0.257. The summed E-state index contributed by atoms with van der Waals surface area (Å²) in [5.74, 6) is -0.169. The Kier molecular flexibility index (Phi) is 5.43. The molecule has 1 amide bonds. The molecule has 0 bridgehead atoms. The number of carbonyl (C=O) groups excluding carboxylic acids is 1. The van der Waals surface area contributed by atoms with Crippen LogP contribution in [0.25, 0.3) is 11.0 Å². The zero-order chi connectivity index (χ0) is 17.6. The van der Waals surface area contributed by atoms with Crippen LogP contribution < -0.4 is 5.32 Å². The molecule has 1 aromatic heterocycles. The Hall–Kier alpha value is -2.69. The molecule has 0 spiro atoms. The van der Waals surface area contributed by atoms with Gasteiger partial charge in [0.1, 0.15) is 5.82 Å². The number of fused-ring (bicyclic) bond motifs is 1. The summed E-state index contributed by atoms with van der Waals surface area (Å²) < 4.78 is 15.0. The lowest BCUT2D eigenvalue weighted by molar-refractivity contribution is -0.121. The summed E-state index contributed by atoms with van der Waals surface area (Å²) in [6.07, 6.45) is 3.08. The predicted molar refractivity (Wildman–Crippen MR) is 96.8 cm³/mol. The van der Waals surface area contributed by atoms with Crippen molar-refractivity contribution < 1.29 is 9.18 Å². The van der Waals surface area contributed by atoms with Gasteiger partial charge in [-0.05, 0) is 42.2 Å². The molecule has 4 nitrogen and oxygen atoms in total. The van der Waals surface area contributed by atoms with Gasteiger partial charge in [0, 0.05) is 19.5 Å². The minimum absolute atomic E-state index is 0.0207. The van der Waals surface area contributed by atoms with Gasteiger partial charge in [0.2, 0.25) is 5.91 Å². The van der Waals surface area contributed by atoms with E-state index in [0.717, 1.165) is 29.6 Å². The number of rotatable bonds is 7. The largest absolute Gasteiger partial charge is 0.356 e. The maximum Gasteiger partial charge on any atom is 0.220 e. The van der Waals surface area contributed by atoms with Crippen LogP contribution in [0.1, 0.15) is 31.2 Å². The van der Waals surface area contributed by atoms with Crippen LogP contribution in [0.4, 0.5) is 4.39 Å². The summed E-state index contributed by atoms with van der Waals surface area (Å²) in [5.41, 5.74) is 3.07. The van der Waals surface area contributed by atoms with Crippen LogP contribution in [0.3, 0.4) is 0 Å². The first kappa shape index (κ1) is 17.1. The molecule has 1 atom stereocenters. The highest BCUT2D eigenvalue weighted by molar-refractivity contribution is 5.77. The van der Waals surface area contributed by atoms with E-state index in [1.807, 2.05) is 37.5 Å². The van der Waals surface area contributed by atoms with Gasteiger partial charge in [0.15, 0.2) is 0 Å². The van der Waals surface area contributed by atoms with Crippen LogP contribution in [0, 0.1) is 5.82 Å². The molecule has 0 aliphatic rings. The van der Waals surface area contributed by atoms with Crippen molar-refractivity contribution in [2.24, 2.45) is 0 Å². The number of nitrogens with zero attached hydrogens (tertiary/aromatic N) is 2. The summed E-state index contributed by atoms with van der Waals surface area (Å²) >= 11 is 0. The molecular weight excluding hydrogens is 317 g/mol. The third-order valence-corrected chi connectivity index (χ3v) is 4.36. The van der Waals surface area contributed by atoms with E-state index in [1.54, 1.807) is 12.1 Å². The van der Waals surface area contributed by atoms with Crippen LogP contribution in [-0.2, 0) is 11.3 Å². The van der Waals surface area contributed by atoms with Crippen LogP contribution in [-0.4, -0.2) is 22.0 Å². The van der Waals surface area contributed by atoms with Gasteiger partial charge in [-0.15, -0.1) is 0 Å². The fourth-order valence-electron chi connectivity index (χ4n) is 2.93. The summed E-state index contributed by atoms with van der Waals surface area (Å²) in [6.45, 7) is 3.42. The Morgan fingerprint density at radius 1 is 1.20 bits per heavy atom. The van der Waals surface area contributed by atoms with Crippen LogP contribution in [0.2, 0.25) is 0 Å². The summed E-state index contributed by atoms with van der Waals surface area (Å²) in [5, 5.41) is 2.96. The minimum Gasteiger partial charge on any atom is -0.356 e. The number of aromatic nitrogens is 2. The fraction of sp³-hybridized carbons (Fsp3) is 0.300. The molecule has 0 saturated heterocycles. The molecule has 0 radical (unpaired) electrons. The van der Waals surface area contributed by atoms with Gasteiger partial charge in [-0.25, -0.2) is 9.37 Å². The number of benzene rings is 2. The molecule has 2 aromatic carbocycles. The summed E-state index contributed by atoms with van der Waals surface area (Å²) in [4.78, 5) is 16.4. The van der Waals surface area contributed by atoms with Crippen molar-refractivity contribution in [3.8, 4) is 0 Å². The van der Waals surface area contributed by atoms with Gasteiger partial charge in [0.25, 0.3) is 0 Å². The molecule has 0 aliphatic heterocycles. The number of carbonyl (C=O) groups is 1. The molecule has 1 heterocycles.